The zero-order valence-electron chi connectivity index (χ0n) is 29.7. The van der Waals surface area contributed by atoms with E-state index in [9.17, 15) is 0 Å². The van der Waals surface area contributed by atoms with Gasteiger partial charge in [-0.1, -0.05) is 140 Å². The number of hydrogen-bond acceptors (Lipinski definition) is 4. The van der Waals surface area contributed by atoms with Crippen LogP contribution in [0.4, 0.5) is 17.1 Å². The molecule has 11 aromatic rings. The third-order valence-electron chi connectivity index (χ3n) is 10.7. The number of anilines is 3. The summed E-state index contributed by atoms with van der Waals surface area (Å²) in [5, 5.41) is 8.65. The average Bonchev–Trinajstić information content (AvgIpc) is 3.86. The van der Waals surface area contributed by atoms with Crippen molar-refractivity contribution in [3.8, 4) is 32.8 Å². The van der Waals surface area contributed by atoms with Crippen molar-refractivity contribution in [1.29, 1.82) is 0 Å². The summed E-state index contributed by atoms with van der Waals surface area (Å²) in [4.78, 5) is 7.46. The number of fused-ring (bicyclic) bond motifs is 8. The lowest BCUT2D eigenvalue weighted by Crippen LogP contribution is -2.11. The van der Waals surface area contributed by atoms with Gasteiger partial charge in [0.25, 0.3) is 0 Å². The van der Waals surface area contributed by atoms with Gasteiger partial charge in [-0.3, -0.25) is 0 Å². The molecule has 11 rings (SSSR count). The van der Waals surface area contributed by atoms with E-state index in [1.807, 2.05) is 11.3 Å². The minimum atomic E-state index is 1.06. The van der Waals surface area contributed by atoms with E-state index in [2.05, 4.69) is 199 Å². The Balaban J connectivity index is 1.05. The number of rotatable bonds is 6. The second kappa shape index (κ2) is 13.1. The van der Waals surface area contributed by atoms with Gasteiger partial charge >= 0.3 is 0 Å². The molecule has 0 amide bonds. The molecule has 0 unspecified atom stereocenters. The summed E-state index contributed by atoms with van der Waals surface area (Å²) < 4.78 is 3.85. The Bertz CT molecular complexity index is 3200. The maximum Gasteiger partial charge on any atom is 0.124 e. The topological polar surface area (TPSA) is 16.1 Å². The predicted octanol–water partition coefficient (Wildman–Crippen LogP) is 15.4. The van der Waals surface area contributed by atoms with Gasteiger partial charge in [0.05, 0.1) is 15.9 Å². The van der Waals surface area contributed by atoms with Crippen LogP contribution in [-0.4, -0.2) is 4.98 Å². The molecule has 4 heteroatoms. The van der Waals surface area contributed by atoms with Crippen molar-refractivity contribution in [3.05, 3.63) is 194 Å². The fraction of sp³-hybridized carbons (Fsp3) is 0. The maximum atomic E-state index is 5.05. The van der Waals surface area contributed by atoms with Crippen LogP contribution in [0.2, 0.25) is 0 Å². The Morgan fingerprint density at radius 1 is 0.400 bits per heavy atom. The lowest BCUT2D eigenvalue weighted by molar-refractivity contribution is 1.29. The minimum absolute atomic E-state index is 1.06. The smallest absolute Gasteiger partial charge is 0.124 e. The summed E-state index contributed by atoms with van der Waals surface area (Å²) in [6, 6.07) is 70.4. The summed E-state index contributed by atoms with van der Waals surface area (Å²) in [5.74, 6) is 0. The van der Waals surface area contributed by atoms with Gasteiger partial charge in [-0.05, 0) is 92.8 Å². The highest BCUT2D eigenvalue weighted by molar-refractivity contribution is 7.28. The van der Waals surface area contributed by atoms with Crippen molar-refractivity contribution in [2.24, 2.45) is 0 Å². The number of benzene rings is 9. The molecule has 0 aliphatic rings. The molecule has 2 nitrogen and oxygen atoms in total. The first-order valence-corrected chi connectivity index (χ1v) is 20.2. The zero-order chi connectivity index (χ0) is 36.3. The summed E-state index contributed by atoms with van der Waals surface area (Å²) in [6.45, 7) is 0. The minimum Gasteiger partial charge on any atom is -0.310 e. The highest BCUT2D eigenvalue weighted by Gasteiger charge is 2.19. The fourth-order valence-corrected chi connectivity index (χ4v) is 10.3. The molecule has 0 N–H and O–H groups in total. The maximum absolute atomic E-state index is 5.05. The molecule has 2 aromatic heterocycles. The van der Waals surface area contributed by atoms with Crippen LogP contribution in [0.3, 0.4) is 0 Å². The lowest BCUT2D eigenvalue weighted by Gasteiger charge is -2.28. The van der Waals surface area contributed by atoms with Crippen LogP contribution in [0.15, 0.2) is 194 Å². The number of hydrogen-bond donors (Lipinski definition) is 0. The van der Waals surface area contributed by atoms with E-state index in [0.717, 1.165) is 33.1 Å². The molecule has 55 heavy (non-hydrogen) atoms. The van der Waals surface area contributed by atoms with Crippen molar-refractivity contribution in [2.75, 3.05) is 4.90 Å². The second-order valence-corrected chi connectivity index (χ2v) is 16.0. The fourth-order valence-electron chi connectivity index (χ4n) is 8.02. The number of para-hydroxylation sites is 1. The molecule has 9 aromatic carbocycles. The van der Waals surface area contributed by atoms with Crippen LogP contribution in [0, 0.1) is 0 Å². The Labute approximate surface area is 326 Å². The van der Waals surface area contributed by atoms with E-state index in [-0.39, 0.29) is 0 Å². The van der Waals surface area contributed by atoms with E-state index in [1.54, 1.807) is 11.3 Å². The van der Waals surface area contributed by atoms with Gasteiger partial charge in [-0.2, -0.15) is 0 Å². The molecule has 0 atom stereocenters. The van der Waals surface area contributed by atoms with Crippen molar-refractivity contribution >= 4 is 91.7 Å². The van der Waals surface area contributed by atoms with E-state index in [1.165, 1.54) is 68.7 Å². The lowest BCUT2D eigenvalue weighted by atomic mass is 9.99. The van der Waals surface area contributed by atoms with Crippen LogP contribution >= 0.6 is 22.7 Å². The second-order valence-electron chi connectivity index (χ2n) is 13.9. The largest absolute Gasteiger partial charge is 0.310 e. The van der Waals surface area contributed by atoms with E-state index in [4.69, 9.17) is 4.98 Å². The molecular weight excluding hydrogens is 705 g/mol. The highest BCUT2D eigenvalue weighted by Crippen LogP contribution is 2.45. The SMILES string of the molecule is c1ccc(-c2nc3ccc4sc5ccc(-c6ccc(N(c7ccc8ccc9ccccc9c8c7)c7ccccc7-c7ccccc7)cc6)cc5c4c3s2)cc1. The summed E-state index contributed by atoms with van der Waals surface area (Å²) >= 11 is 3.65. The van der Waals surface area contributed by atoms with Crippen LogP contribution in [0.1, 0.15) is 0 Å². The molecule has 0 aliphatic carbocycles. The van der Waals surface area contributed by atoms with Crippen molar-refractivity contribution < 1.29 is 0 Å². The number of thiophene rings is 1. The first-order chi connectivity index (χ1) is 27.2. The highest BCUT2D eigenvalue weighted by atomic mass is 32.1. The predicted molar refractivity (Wildman–Crippen MR) is 239 cm³/mol. The van der Waals surface area contributed by atoms with Crippen molar-refractivity contribution in [1.82, 2.24) is 4.98 Å². The van der Waals surface area contributed by atoms with Gasteiger partial charge in [0.15, 0.2) is 0 Å². The van der Waals surface area contributed by atoms with Crippen molar-refractivity contribution in [2.45, 2.75) is 0 Å². The Morgan fingerprint density at radius 3 is 1.89 bits per heavy atom. The van der Waals surface area contributed by atoms with Crippen LogP contribution in [0.25, 0.3) is 84.8 Å². The summed E-state index contributed by atoms with van der Waals surface area (Å²) in [6.07, 6.45) is 0. The van der Waals surface area contributed by atoms with Gasteiger partial charge in [0, 0.05) is 42.7 Å². The van der Waals surface area contributed by atoms with E-state index < -0.39 is 0 Å². The van der Waals surface area contributed by atoms with Gasteiger partial charge in [-0.25, -0.2) is 4.98 Å². The number of nitrogens with zero attached hydrogens (tertiary/aromatic N) is 2. The molecule has 0 aliphatic heterocycles. The van der Waals surface area contributed by atoms with Gasteiger partial charge in [-0.15, -0.1) is 22.7 Å². The summed E-state index contributed by atoms with van der Waals surface area (Å²) in [7, 11) is 0. The Morgan fingerprint density at radius 2 is 1.05 bits per heavy atom. The van der Waals surface area contributed by atoms with E-state index in [0.29, 0.717) is 0 Å². The molecule has 0 radical (unpaired) electrons. The number of thiazole rings is 1. The third kappa shape index (κ3) is 5.49. The molecule has 2 heterocycles. The first kappa shape index (κ1) is 31.9. The quantitative estimate of drug-likeness (QED) is 0.158. The standard InChI is InChI=1S/C51H32N2S2/c1-3-11-34(12-4-1)42-17-9-10-18-46(42)53(40-27-23-36-20-19-35-13-7-8-16-41(35)43(36)32-40)39-25-21-33(22-26-39)38-24-29-47-44(31-38)49-48(54-47)30-28-45-50(49)55-51(52-45)37-14-5-2-6-15-37/h1-32H. The Kier molecular flexibility index (Phi) is 7.58. The Hall–Kier alpha value is -6.59. The molecule has 0 fully saturated rings. The molecule has 0 saturated carbocycles. The first-order valence-electron chi connectivity index (χ1n) is 18.5. The van der Waals surface area contributed by atoms with Crippen molar-refractivity contribution in [3.63, 3.8) is 0 Å². The monoisotopic (exact) mass is 736 g/mol. The molecular formula is C51H32N2S2. The molecule has 0 saturated heterocycles. The van der Waals surface area contributed by atoms with Crippen LogP contribution < -0.4 is 4.90 Å². The third-order valence-corrected chi connectivity index (χ3v) is 13.0. The zero-order valence-corrected chi connectivity index (χ0v) is 31.3. The molecule has 258 valence electrons. The summed E-state index contributed by atoms with van der Waals surface area (Å²) in [5.41, 5.74) is 10.3. The number of aromatic nitrogens is 1. The van der Waals surface area contributed by atoms with E-state index >= 15 is 0 Å². The van der Waals surface area contributed by atoms with Gasteiger partial charge < -0.3 is 4.90 Å². The van der Waals surface area contributed by atoms with Crippen LogP contribution in [0.5, 0.6) is 0 Å². The molecule has 0 spiro atoms. The average molecular weight is 737 g/mol. The van der Waals surface area contributed by atoms with Crippen LogP contribution in [-0.2, 0) is 0 Å². The molecule has 0 bridgehead atoms. The van der Waals surface area contributed by atoms with Gasteiger partial charge in [0.1, 0.15) is 5.01 Å². The normalized spacial score (nSPS) is 11.6. The van der Waals surface area contributed by atoms with Gasteiger partial charge in [0.2, 0.25) is 0 Å².